The second kappa shape index (κ2) is 9.43. The zero-order valence-electron chi connectivity index (χ0n) is 17.9. The predicted octanol–water partition coefficient (Wildman–Crippen LogP) is 3.42. The number of anilines is 1. The molecule has 180 valence electrons. The molecule has 2 amide bonds. The maximum atomic E-state index is 12.7. The summed E-state index contributed by atoms with van der Waals surface area (Å²) < 4.78 is 54.8. The number of halogens is 3. The first-order chi connectivity index (χ1) is 16.1. The van der Waals surface area contributed by atoms with Gasteiger partial charge in [-0.1, -0.05) is 0 Å². The fourth-order valence-corrected chi connectivity index (χ4v) is 3.82. The van der Waals surface area contributed by atoms with Crippen molar-refractivity contribution in [3.05, 3.63) is 65.2 Å². The Morgan fingerprint density at radius 1 is 0.912 bits per heavy atom. The van der Waals surface area contributed by atoms with Crippen molar-refractivity contribution in [3.63, 3.8) is 0 Å². The van der Waals surface area contributed by atoms with Crippen LogP contribution in [-0.2, 0) is 20.4 Å². The van der Waals surface area contributed by atoms with E-state index in [0.29, 0.717) is 11.3 Å². The Labute approximate surface area is 192 Å². The molecule has 2 fully saturated rings. The van der Waals surface area contributed by atoms with Crippen LogP contribution in [-0.4, -0.2) is 55.4 Å². The number of hydrogen-bond donors (Lipinski definition) is 2. The Morgan fingerprint density at radius 3 is 2.15 bits per heavy atom. The van der Waals surface area contributed by atoms with Gasteiger partial charge in [0.1, 0.15) is 12.2 Å². The van der Waals surface area contributed by atoms with Crippen LogP contribution in [0.15, 0.2) is 48.5 Å². The van der Waals surface area contributed by atoms with Crippen molar-refractivity contribution < 1.29 is 41.8 Å². The number of amides is 2. The molecule has 2 heterocycles. The van der Waals surface area contributed by atoms with Gasteiger partial charge in [0.05, 0.1) is 24.8 Å². The topological polar surface area (TPSA) is 103 Å². The van der Waals surface area contributed by atoms with E-state index < -0.39 is 48.1 Å². The van der Waals surface area contributed by atoms with Gasteiger partial charge in [0.2, 0.25) is 0 Å². The van der Waals surface area contributed by atoms with E-state index in [1.807, 2.05) is 0 Å². The van der Waals surface area contributed by atoms with E-state index in [1.54, 1.807) is 24.3 Å². The molecule has 4 rings (SSSR count). The third kappa shape index (κ3) is 5.20. The van der Waals surface area contributed by atoms with Gasteiger partial charge < -0.3 is 19.5 Å². The fourth-order valence-electron chi connectivity index (χ4n) is 3.82. The van der Waals surface area contributed by atoms with Crippen LogP contribution in [0.1, 0.15) is 33.2 Å². The number of nitrogens with one attached hydrogen (secondary N) is 2. The molecular weight excluding hydrogens is 457 g/mol. The first-order valence-corrected chi connectivity index (χ1v) is 10.4. The number of ether oxygens (including phenoxy) is 3. The van der Waals surface area contributed by atoms with Crippen molar-refractivity contribution >= 4 is 23.5 Å². The minimum atomic E-state index is -4.49. The molecule has 2 N–H and O–H groups in total. The molecule has 4 atom stereocenters. The maximum Gasteiger partial charge on any atom is 0.416 e. The van der Waals surface area contributed by atoms with Crippen LogP contribution in [0.4, 0.5) is 23.7 Å². The lowest BCUT2D eigenvalue weighted by Gasteiger charge is -2.18. The van der Waals surface area contributed by atoms with Crippen molar-refractivity contribution in [1.29, 1.82) is 0 Å². The number of alkyl halides is 3. The largest absolute Gasteiger partial charge is 0.441 e. The minimum Gasteiger partial charge on any atom is -0.441 e. The zero-order valence-corrected chi connectivity index (χ0v) is 17.9. The lowest BCUT2D eigenvalue weighted by atomic mass is 10.1. The first-order valence-electron chi connectivity index (χ1n) is 10.4. The average Bonchev–Trinajstić information content (AvgIpc) is 3.37. The molecule has 0 aromatic heterocycles. The highest BCUT2D eigenvalue weighted by Crippen LogP contribution is 2.31. The summed E-state index contributed by atoms with van der Waals surface area (Å²) >= 11 is 0. The van der Waals surface area contributed by atoms with Crippen LogP contribution in [0, 0.1) is 0 Å². The van der Waals surface area contributed by atoms with E-state index in [2.05, 4.69) is 10.6 Å². The molecule has 0 radical (unpaired) electrons. The Morgan fingerprint density at radius 2 is 1.53 bits per heavy atom. The molecule has 8 nitrogen and oxygen atoms in total. The molecule has 0 bridgehead atoms. The number of fused-ring (bicyclic) bond motifs is 1. The predicted molar refractivity (Wildman–Crippen MR) is 113 cm³/mol. The zero-order chi connectivity index (χ0) is 24.5. The summed E-state index contributed by atoms with van der Waals surface area (Å²) in [5.41, 5.74) is 0.173. The van der Waals surface area contributed by atoms with E-state index in [0.717, 1.165) is 24.3 Å². The monoisotopic (exact) mass is 478 g/mol. The molecule has 2 aliphatic heterocycles. The van der Waals surface area contributed by atoms with E-state index in [9.17, 15) is 27.6 Å². The van der Waals surface area contributed by atoms with Gasteiger partial charge in [-0.3, -0.25) is 14.9 Å². The van der Waals surface area contributed by atoms with Crippen LogP contribution >= 0.6 is 0 Å². The lowest BCUT2D eigenvalue weighted by molar-refractivity contribution is -0.137. The Balaban J connectivity index is 1.30. The van der Waals surface area contributed by atoms with E-state index in [1.165, 1.54) is 6.92 Å². The molecule has 34 heavy (non-hydrogen) atoms. The molecule has 2 aromatic rings. The third-order valence-corrected chi connectivity index (χ3v) is 5.60. The van der Waals surface area contributed by atoms with E-state index in [-0.39, 0.29) is 24.6 Å². The van der Waals surface area contributed by atoms with Gasteiger partial charge >= 0.3 is 12.3 Å². The standard InChI is InChI=1S/C23H21F3N2O6/c1-12(29)13-4-8-16(9-5-13)27-22(31)34-18-11-33-19-17(10-32-20(18)19)28-21(30)14-2-6-15(7-3-14)23(24,25)26/h2-9,17-20H,10-11H2,1H3,(H,27,31)(H,28,30). The summed E-state index contributed by atoms with van der Waals surface area (Å²) in [5, 5.41) is 5.26. The SMILES string of the molecule is CC(=O)c1ccc(NC(=O)OC2COC3C(NC(=O)c4ccc(C(F)(F)F)cc4)COC23)cc1. The van der Waals surface area contributed by atoms with Crippen molar-refractivity contribution in [2.75, 3.05) is 18.5 Å². The van der Waals surface area contributed by atoms with Crippen molar-refractivity contribution in [2.45, 2.75) is 37.5 Å². The Hall–Kier alpha value is -3.44. The molecule has 0 saturated carbocycles. The molecule has 2 aromatic carbocycles. The highest BCUT2D eigenvalue weighted by Gasteiger charge is 2.50. The van der Waals surface area contributed by atoms with Gasteiger partial charge in [0.15, 0.2) is 11.9 Å². The summed E-state index contributed by atoms with van der Waals surface area (Å²) in [6.07, 6.45) is -7.12. The quantitative estimate of drug-likeness (QED) is 0.639. The van der Waals surface area contributed by atoms with Crippen molar-refractivity contribution in [3.8, 4) is 0 Å². The number of benzene rings is 2. The third-order valence-electron chi connectivity index (χ3n) is 5.60. The second-order valence-electron chi connectivity index (χ2n) is 7.95. The normalized spacial score (nSPS) is 23.8. The van der Waals surface area contributed by atoms with Crippen LogP contribution in [0.3, 0.4) is 0 Å². The fraction of sp³-hybridized carbons (Fsp3) is 0.348. The van der Waals surface area contributed by atoms with E-state index in [4.69, 9.17) is 14.2 Å². The van der Waals surface area contributed by atoms with E-state index >= 15 is 0 Å². The number of Topliss-reactive ketones (excluding diaryl/α,β-unsaturated/α-hetero) is 1. The number of hydrogen-bond acceptors (Lipinski definition) is 6. The van der Waals surface area contributed by atoms with Gasteiger partial charge in [0, 0.05) is 16.8 Å². The lowest BCUT2D eigenvalue weighted by Crippen LogP contribution is -2.44. The minimum absolute atomic E-state index is 0.0542. The summed E-state index contributed by atoms with van der Waals surface area (Å²) in [6, 6.07) is 9.62. The summed E-state index contributed by atoms with van der Waals surface area (Å²) in [5.74, 6) is -0.663. The smallest absolute Gasteiger partial charge is 0.416 e. The van der Waals surface area contributed by atoms with Gasteiger partial charge in [-0.05, 0) is 55.5 Å². The highest BCUT2D eigenvalue weighted by molar-refractivity contribution is 5.95. The number of carbonyl (C=O) groups excluding carboxylic acids is 3. The number of rotatable bonds is 5. The summed E-state index contributed by atoms with van der Waals surface area (Å²) in [6.45, 7) is 1.59. The van der Waals surface area contributed by atoms with Crippen LogP contribution in [0.5, 0.6) is 0 Å². The number of ketones is 1. The molecule has 2 saturated heterocycles. The Bertz CT molecular complexity index is 1070. The molecular formula is C23H21F3N2O6. The molecule has 2 aliphatic rings. The molecule has 0 spiro atoms. The molecule has 0 aliphatic carbocycles. The molecule has 11 heteroatoms. The summed E-state index contributed by atoms with van der Waals surface area (Å²) in [7, 11) is 0. The van der Waals surface area contributed by atoms with Gasteiger partial charge in [-0.2, -0.15) is 13.2 Å². The van der Waals surface area contributed by atoms with Crippen LogP contribution in [0.2, 0.25) is 0 Å². The highest BCUT2D eigenvalue weighted by atomic mass is 19.4. The summed E-state index contributed by atoms with van der Waals surface area (Å²) in [4.78, 5) is 36.0. The maximum absolute atomic E-state index is 12.7. The van der Waals surface area contributed by atoms with Gasteiger partial charge in [-0.25, -0.2) is 4.79 Å². The first kappa shape index (κ1) is 23.7. The van der Waals surface area contributed by atoms with Crippen molar-refractivity contribution in [2.24, 2.45) is 0 Å². The van der Waals surface area contributed by atoms with Crippen molar-refractivity contribution in [1.82, 2.24) is 5.32 Å². The van der Waals surface area contributed by atoms with Crippen LogP contribution < -0.4 is 10.6 Å². The average molecular weight is 478 g/mol. The van der Waals surface area contributed by atoms with Gasteiger partial charge in [0.25, 0.3) is 5.91 Å². The van der Waals surface area contributed by atoms with Gasteiger partial charge in [-0.15, -0.1) is 0 Å². The molecule has 4 unspecified atom stereocenters. The Kier molecular flexibility index (Phi) is 6.58. The number of carbonyl (C=O) groups is 3. The van der Waals surface area contributed by atoms with Crippen LogP contribution in [0.25, 0.3) is 0 Å². The second-order valence-corrected chi connectivity index (χ2v) is 7.95.